The van der Waals surface area contributed by atoms with Crippen molar-refractivity contribution in [2.45, 2.75) is 31.7 Å². The van der Waals surface area contributed by atoms with Gasteiger partial charge >= 0.3 is 5.97 Å². The molecular weight excluding hydrogens is 381 g/mol. The fraction of sp³-hybridized carbons (Fsp3) is 0.417. The van der Waals surface area contributed by atoms with Crippen molar-refractivity contribution in [3.63, 3.8) is 0 Å². The van der Waals surface area contributed by atoms with Gasteiger partial charge in [0.25, 0.3) is 0 Å². The summed E-state index contributed by atoms with van der Waals surface area (Å²) in [6.45, 7) is 4.65. The van der Waals surface area contributed by atoms with E-state index >= 15 is 0 Å². The number of carboxylic acid groups (broad SMARTS) is 1. The van der Waals surface area contributed by atoms with Crippen LogP contribution in [0, 0.1) is 10.5 Å². The second-order valence-electron chi connectivity index (χ2n) is 4.45. The first-order valence-electron chi connectivity index (χ1n) is 5.66. The summed E-state index contributed by atoms with van der Waals surface area (Å²) in [5.41, 5.74) is 0.980. The number of carboxylic acids is 1. The summed E-state index contributed by atoms with van der Waals surface area (Å²) >= 11 is 2.06. The maximum atomic E-state index is 12.4. The number of aliphatic carboxylic acids is 1. The van der Waals surface area contributed by atoms with E-state index < -0.39 is 28.6 Å². The van der Waals surface area contributed by atoms with Crippen LogP contribution in [0.3, 0.4) is 0 Å². The highest BCUT2D eigenvalue weighted by molar-refractivity contribution is 14.1. The lowest BCUT2D eigenvalue weighted by Gasteiger charge is -2.24. The summed E-state index contributed by atoms with van der Waals surface area (Å²) in [5.74, 6) is -1.17. The zero-order valence-electron chi connectivity index (χ0n) is 10.9. The van der Waals surface area contributed by atoms with Crippen LogP contribution in [-0.4, -0.2) is 36.4 Å². The van der Waals surface area contributed by atoms with E-state index in [2.05, 4.69) is 22.6 Å². The molecule has 0 amide bonds. The molecule has 0 saturated heterocycles. The number of hydrogen-bond donors (Lipinski definition) is 1. The first kappa shape index (κ1) is 16.4. The zero-order chi connectivity index (χ0) is 14.8. The third-order valence-electron chi connectivity index (χ3n) is 2.62. The summed E-state index contributed by atoms with van der Waals surface area (Å²) in [4.78, 5) is 10.9. The first-order chi connectivity index (χ1) is 8.66. The van der Waals surface area contributed by atoms with Crippen LogP contribution in [0.15, 0.2) is 23.1 Å². The molecule has 0 fully saturated rings. The largest absolute Gasteiger partial charge is 0.480 e. The van der Waals surface area contributed by atoms with Crippen LogP contribution in [0.4, 0.5) is 0 Å². The molecule has 1 aromatic rings. The van der Waals surface area contributed by atoms with Crippen molar-refractivity contribution in [1.29, 1.82) is 0 Å². The van der Waals surface area contributed by atoms with Crippen molar-refractivity contribution in [3.05, 3.63) is 27.3 Å². The van der Waals surface area contributed by atoms with Gasteiger partial charge in [-0.1, -0.05) is 6.07 Å². The van der Waals surface area contributed by atoms with E-state index in [9.17, 15) is 13.2 Å². The second kappa shape index (κ2) is 6.19. The van der Waals surface area contributed by atoms with Crippen LogP contribution in [-0.2, 0) is 14.8 Å². The Labute approximate surface area is 126 Å². The topological polar surface area (TPSA) is 74.7 Å². The van der Waals surface area contributed by atoms with Gasteiger partial charge in [0.05, 0.1) is 4.90 Å². The van der Waals surface area contributed by atoms with Gasteiger partial charge in [-0.25, -0.2) is 8.42 Å². The third-order valence-corrected chi connectivity index (χ3v) is 5.80. The minimum atomic E-state index is -3.79. The fourth-order valence-electron chi connectivity index (χ4n) is 1.55. The Morgan fingerprint density at radius 1 is 1.42 bits per heavy atom. The molecule has 5 nitrogen and oxygen atoms in total. The average molecular weight is 397 g/mol. The molecule has 106 valence electrons. The summed E-state index contributed by atoms with van der Waals surface area (Å²) in [7, 11) is -3.79. The lowest BCUT2D eigenvalue weighted by Crippen LogP contribution is -2.40. The van der Waals surface area contributed by atoms with E-state index in [1.807, 2.05) is 6.92 Å². The van der Waals surface area contributed by atoms with E-state index in [4.69, 9.17) is 5.11 Å². The molecule has 0 aliphatic rings. The van der Waals surface area contributed by atoms with Gasteiger partial charge in [-0.15, -0.1) is 0 Å². The standard InChI is InChI=1S/C12H16INO4S/c1-8(2)14(7-12(15)16)19(17,18)10-5-4-9(3)11(13)6-10/h4-6,8H,7H2,1-3H3,(H,15,16). The Bertz CT molecular complexity index is 583. The summed E-state index contributed by atoms with van der Waals surface area (Å²) < 4.78 is 26.7. The molecule has 0 aromatic heterocycles. The molecule has 1 N–H and O–H groups in total. The van der Waals surface area contributed by atoms with Gasteiger partial charge < -0.3 is 5.11 Å². The number of carbonyl (C=O) groups is 1. The van der Waals surface area contributed by atoms with Gasteiger partial charge in [0, 0.05) is 9.61 Å². The maximum Gasteiger partial charge on any atom is 0.318 e. The van der Waals surface area contributed by atoms with E-state index in [1.165, 1.54) is 6.07 Å². The van der Waals surface area contributed by atoms with Crippen LogP contribution >= 0.6 is 22.6 Å². The monoisotopic (exact) mass is 397 g/mol. The first-order valence-corrected chi connectivity index (χ1v) is 8.18. The van der Waals surface area contributed by atoms with Gasteiger partial charge in [0.1, 0.15) is 6.54 Å². The van der Waals surface area contributed by atoms with E-state index in [-0.39, 0.29) is 4.90 Å². The number of rotatable bonds is 5. The molecule has 1 rings (SSSR count). The third kappa shape index (κ3) is 3.90. The summed E-state index contributed by atoms with van der Waals surface area (Å²) in [6, 6.07) is 4.36. The molecule has 1 aromatic carbocycles. The smallest absolute Gasteiger partial charge is 0.318 e. The Kier molecular flexibility index (Phi) is 5.34. The number of aryl methyl sites for hydroxylation is 1. The lowest BCUT2D eigenvalue weighted by molar-refractivity contribution is -0.137. The van der Waals surface area contributed by atoms with Gasteiger partial charge in [-0.05, 0) is 61.1 Å². The van der Waals surface area contributed by atoms with Gasteiger partial charge in [0.15, 0.2) is 0 Å². The van der Waals surface area contributed by atoms with Crippen molar-refractivity contribution in [2.24, 2.45) is 0 Å². The molecular formula is C12H16INO4S. The van der Waals surface area contributed by atoms with Crippen molar-refractivity contribution in [2.75, 3.05) is 6.54 Å². The van der Waals surface area contributed by atoms with Crippen molar-refractivity contribution in [3.8, 4) is 0 Å². The molecule has 7 heteroatoms. The van der Waals surface area contributed by atoms with Crippen molar-refractivity contribution >= 4 is 38.6 Å². The quantitative estimate of drug-likeness (QED) is 0.773. The van der Waals surface area contributed by atoms with Crippen molar-refractivity contribution < 1.29 is 18.3 Å². The van der Waals surface area contributed by atoms with E-state index in [0.29, 0.717) is 0 Å². The second-order valence-corrected chi connectivity index (χ2v) is 7.50. The van der Waals surface area contributed by atoms with Crippen LogP contribution < -0.4 is 0 Å². The Balaban J connectivity index is 3.26. The fourth-order valence-corrected chi connectivity index (χ4v) is 3.89. The van der Waals surface area contributed by atoms with Gasteiger partial charge in [0.2, 0.25) is 10.0 Å². The van der Waals surface area contributed by atoms with E-state index in [1.54, 1.807) is 26.0 Å². The van der Waals surface area contributed by atoms with Crippen LogP contribution in [0.25, 0.3) is 0 Å². The SMILES string of the molecule is Cc1ccc(S(=O)(=O)N(CC(=O)O)C(C)C)cc1I. The molecule has 19 heavy (non-hydrogen) atoms. The summed E-state index contributed by atoms with van der Waals surface area (Å²) in [5, 5.41) is 8.83. The number of halogens is 1. The Hall–Kier alpha value is -0.670. The molecule has 0 atom stereocenters. The number of nitrogens with zero attached hydrogens (tertiary/aromatic N) is 1. The Morgan fingerprint density at radius 2 is 2.00 bits per heavy atom. The van der Waals surface area contributed by atoms with Crippen molar-refractivity contribution in [1.82, 2.24) is 4.31 Å². The Morgan fingerprint density at radius 3 is 2.42 bits per heavy atom. The molecule has 0 unspecified atom stereocenters. The van der Waals surface area contributed by atoms with Gasteiger partial charge in [-0.2, -0.15) is 4.31 Å². The normalized spacial score (nSPS) is 12.1. The zero-order valence-corrected chi connectivity index (χ0v) is 13.9. The van der Waals surface area contributed by atoms with Crippen LogP contribution in [0.2, 0.25) is 0 Å². The molecule has 0 saturated carbocycles. The highest BCUT2D eigenvalue weighted by Crippen LogP contribution is 2.22. The number of hydrogen-bond acceptors (Lipinski definition) is 3. The molecule has 0 heterocycles. The maximum absolute atomic E-state index is 12.4. The summed E-state index contributed by atoms with van der Waals surface area (Å²) in [6.07, 6.45) is 0. The predicted molar refractivity (Wildman–Crippen MR) is 80.6 cm³/mol. The predicted octanol–water partition coefficient (Wildman–Crippen LogP) is 2.08. The van der Waals surface area contributed by atoms with Crippen LogP contribution in [0.1, 0.15) is 19.4 Å². The average Bonchev–Trinajstić information content (AvgIpc) is 2.28. The van der Waals surface area contributed by atoms with Crippen LogP contribution in [0.5, 0.6) is 0 Å². The highest BCUT2D eigenvalue weighted by Gasteiger charge is 2.29. The molecule has 0 radical (unpaired) electrons. The highest BCUT2D eigenvalue weighted by atomic mass is 127. The minimum absolute atomic E-state index is 0.123. The molecule has 0 aliphatic carbocycles. The number of benzene rings is 1. The molecule has 0 spiro atoms. The molecule has 0 bridgehead atoms. The van der Waals surface area contributed by atoms with E-state index in [0.717, 1.165) is 13.4 Å². The van der Waals surface area contributed by atoms with Gasteiger partial charge in [-0.3, -0.25) is 4.79 Å². The molecule has 0 aliphatic heterocycles. The number of sulfonamides is 1. The lowest BCUT2D eigenvalue weighted by atomic mass is 10.2. The minimum Gasteiger partial charge on any atom is -0.480 e.